The van der Waals surface area contributed by atoms with Crippen molar-refractivity contribution in [3.8, 4) is 0 Å². The molecule has 1 saturated heterocycles. The fraction of sp³-hybridized carbons (Fsp3) is 0.600. The van der Waals surface area contributed by atoms with Crippen LogP contribution in [-0.4, -0.2) is 41.5 Å². The van der Waals surface area contributed by atoms with Gasteiger partial charge in [0.15, 0.2) is 0 Å². The smallest absolute Gasteiger partial charge is 0.221 e. The van der Waals surface area contributed by atoms with E-state index in [4.69, 9.17) is 0 Å². The largest absolute Gasteiger partial charge is 0.356 e. The van der Waals surface area contributed by atoms with Gasteiger partial charge in [-0.05, 0) is 37.8 Å². The zero-order valence-corrected chi connectivity index (χ0v) is 12.8. The van der Waals surface area contributed by atoms with E-state index in [1.807, 2.05) is 18.2 Å². The molecule has 1 aromatic heterocycles. The minimum Gasteiger partial charge on any atom is -0.356 e. The van der Waals surface area contributed by atoms with Gasteiger partial charge >= 0.3 is 0 Å². The second-order valence-corrected chi connectivity index (χ2v) is 6.18. The maximum atomic E-state index is 12.0. The molecule has 0 radical (unpaired) electrons. The van der Waals surface area contributed by atoms with Crippen molar-refractivity contribution in [3.05, 3.63) is 30.1 Å². The van der Waals surface area contributed by atoms with Crippen LogP contribution in [0.4, 0.5) is 0 Å². The van der Waals surface area contributed by atoms with E-state index in [0.29, 0.717) is 24.3 Å². The molecule has 2 atom stereocenters. The second kappa shape index (κ2) is 8.27. The number of thioether (sulfide) groups is 1. The van der Waals surface area contributed by atoms with E-state index in [1.54, 1.807) is 18.0 Å². The van der Waals surface area contributed by atoms with E-state index in [1.165, 1.54) is 12.8 Å². The van der Waals surface area contributed by atoms with Gasteiger partial charge in [0.05, 0.1) is 0 Å². The van der Waals surface area contributed by atoms with Crippen LogP contribution >= 0.6 is 11.8 Å². The molecule has 0 aliphatic carbocycles. The van der Waals surface area contributed by atoms with Gasteiger partial charge in [-0.2, -0.15) is 11.8 Å². The van der Waals surface area contributed by atoms with Crippen LogP contribution in [0.5, 0.6) is 0 Å². The summed E-state index contributed by atoms with van der Waals surface area (Å²) in [7, 11) is 0. The van der Waals surface area contributed by atoms with Crippen molar-refractivity contribution in [1.82, 2.24) is 15.6 Å². The van der Waals surface area contributed by atoms with Crippen LogP contribution in [-0.2, 0) is 11.2 Å². The second-order valence-electron chi connectivity index (χ2n) is 5.10. The number of nitrogens with one attached hydrogen (secondary N) is 2. The maximum Gasteiger partial charge on any atom is 0.221 e. The Kier molecular flexibility index (Phi) is 6.33. The first-order chi connectivity index (χ1) is 9.79. The van der Waals surface area contributed by atoms with Crippen LogP contribution in [0.15, 0.2) is 24.4 Å². The van der Waals surface area contributed by atoms with Crippen molar-refractivity contribution < 1.29 is 4.79 Å². The molecule has 110 valence electrons. The number of carbonyl (C=O) groups is 1. The summed E-state index contributed by atoms with van der Waals surface area (Å²) in [6.45, 7) is 1.75. The Bertz CT molecular complexity index is 407. The van der Waals surface area contributed by atoms with Crippen molar-refractivity contribution in [2.24, 2.45) is 0 Å². The molecule has 0 saturated carbocycles. The van der Waals surface area contributed by atoms with Gasteiger partial charge in [-0.25, -0.2) is 0 Å². The Morgan fingerprint density at radius 3 is 3.15 bits per heavy atom. The first-order valence-electron chi connectivity index (χ1n) is 7.22. The predicted octanol–water partition coefficient (Wildman–Crippen LogP) is 1.61. The molecule has 1 aliphatic heterocycles. The van der Waals surface area contributed by atoms with Crippen LogP contribution < -0.4 is 10.6 Å². The van der Waals surface area contributed by atoms with Crippen molar-refractivity contribution in [2.75, 3.05) is 19.3 Å². The third-order valence-electron chi connectivity index (χ3n) is 3.67. The average molecular weight is 293 g/mol. The number of amides is 1. The topological polar surface area (TPSA) is 54.0 Å². The van der Waals surface area contributed by atoms with Crippen LogP contribution in [0.3, 0.4) is 0 Å². The predicted molar refractivity (Wildman–Crippen MR) is 83.9 cm³/mol. The van der Waals surface area contributed by atoms with Crippen LogP contribution in [0.1, 0.15) is 25.0 Å². The fourth-order valence-electron chi connectivity index (χ4n) is 2.55. The molecule has 0 aromatic carbocycles. The van der Waals surface area contributed by atoms with Gasteiger partial charge in [-0.1, -0.05) is 6.07 Å². The summed E-state index contributed by atoms with van der Waals surface area (Å²) in [4.78, 5) is 16.2. The number of aromatic nitrogens is 1. The molecule has 2 rings (SSSR count). The monoisotopic (exact) mass is 293 g/mol. The minimum atomic E-state index is 0.147. The molecule has 5 heteroatoms. The van der Waals surface area contributed by atoms with E-state index >= 15 is 0 Å². The molecular formula is C15H23N3OS. The van der Waals surface area contributed by atoms with Gasteiger partial charge in [-0.15, -0.1) is 0 Å². The molecular weight excluding hydrogens is 270 g/mol. The Morgan fingerprint density at radius 2 is 2.50 bits per heavy atom. The van der Waals surface area contributed by atoms with Crippen molar-refractivity contribution >= 4 is 17.7 Å². The number of rotatable bonds is 7. The number of hydrogen-bond donors (Lipinski definition) is 2. The highest BCUT2D eigenvalue weighted by molar-refractivity contribution is 7.99. The lowest BCUT2D eigenvalue weighted by Gasteiger charge is -2.21. The van der Waals surface area contributed by atoms with Gasteiger partial charge in [0.2, 0.25) is 5.91 Å². The quantitative estimate of drug-likeness (QED) is 0.802. The first kappa shape index (κ1) is 15.3. The zero-order valence-electron chi connectivity index (χ0n) is 12.0. The Hall–Kier alpha value is -1.07. The molecule has 20 heavy (non-hydrogen) atoms. The summed E-state index contributed by atoms with van der Waals surface area (Å²) in [6, 6.07) is 6.35. The molecule has 1 amide bonds. The van der Waals surface area contributed by atoms with Crippen LogP contribution in [0.25, 0.3) is 0 Å². The van der Waals surface area contributed by atoms with Gasteiger partial charge in [0.25, 0.3) is 0 Å². The van der Waals surface area contributed by atoms with Gasteiger partial charge < -0.3 is 10.6 Å². The highest BCUT2D eigenvalue weighted by Gasteiger charge is 2.25. The lowest BCUT2D eigenvalue weighted by Crippen LogP contribution is -2.37. The summed E-state index contributed by atoms with van der Waals surface area (Å²) in [5.74, 6) is 0.147. The molecule has 4 nitrogen and oxygen atoms in total. The third-order valence-corrected chi connectivity index (χ3v) is 4.77. The van der Waals surface area contributed by atoms with Crippen LogP contribution in [0, 0.1) is 0 Å². The minimum absolute atomic E-state index is 0.147. The van der Waals surface area contributed by atoms with Gasteiger partial charge in [0.1, 0.15) is 0 Å². The SMILES string of the molecule is CSC(CC(=O)NCCc1ccccn1)C1CCCN1. The van der Waals surface area contributed by atoms with Crippen molar-refractivity contribution in [2.45, 2.75) is 37.0 Å². The summed E-state index contributed by atoms with van der Waals surface area (Å²) < 4.78 is 0. The summed E-state index contributed by atoms with van der Waals surface area (Å²) in [6.07, 6.45) is 7.67. The van der Waals surface area contributed by atoms with E-state index < -0.39 is 0 Å². The van der Waals surface area contributed by atoms with Crippen molar-refractivity contribution in [3.63, 3.8) is 0 Å². The molecule has 1 aliphatic rings. The first-order valence-corrected chi connectivity index (χ1v) is 8.51. The molecule has 0 spiro atoms. The maximum absolute atomic E-state index is 12.0. The molecule has 2 unspecified atom stereocenters. The Balaban J connectivity index is 1.69. The molecule has 1 fully saturated rings. The summed E-state index contributed by atoms with van der Waals surface area (Å²) >= 11 is 1.79. The molecule has 0 bridgehead atoms. The van der Waals surface area contributed by atoms with E-state index in [-0.39, 0.29) is 5.91 Å². The Labute approximate surface area is 125 Å². The summed E-state index contributed by atoms with van der Waals surface area (Å²) in [5, 5.41) is 6.87. The molecule has 1 aromatic rings. The standard InChI is InChI=1S/C15H23N3OS/c1-20-14(13-6-4-9-17-13)11-15(19)18-10-7-12-5-2-3-8-16-12/h2-3,5,8,13-14,17H,4,6-7,9-11H2,1H3,(H,18,19). The number of pyridine rings is 1. The summed E-state index contributed by atoms with van der Waals surface area (Å²) in [5.41, 5.74) is 1.02. The molecule has 2 heterocycles. The average Bonchev–Trinajstić information content (AvgIpc) is 3.00. The van der Waals surface area contributed by atoms with E-state index in [9.17, 15) is 4.79 Å². The number of hydrogen-bond acceptors (Lipinski definition) is 4. The fourth-order valence-corrected chi connectivity index (χ4v) is 3.43. The van der Waals surface area contributed by atoms with Crippen LogP contribution in [0.2, 0.25) is 0 Å². The van der Waals surface area contributed by atoms with E-state index in [2.05, 4.69) is 21.9 Å². The van der Waals surface area contributed by atoms with Gasteiger partial charge in [0, 0.05) is 42.6 Å². The number of nitrogens with zero attached hydrogens (tertiary/aromatic N) is 1. The normalized spacial score (nSPS) is 19.8. The van der Waals surface area contributed by atoms with E-state index in [0.717, 1.165) is 18.7 Å². The third kappa shape index (κ3) is 4.80. The van der Waals surface area contributed by atoms with Gasteiger partial charge in [-0.3, -0.25) is 9.78 Å². The lowest BCUT2D eigenvalue weighted by atomic mass is 10.1. The highest BCUT2D eigenvalue weighted by Crippen LogP contribution is 2.21. The lowest BCUT2D eigenvalue weighted by molar-refractivity contribution is -0.121. The highest BCUT2D eigenvalue weighted by atomic mass is 32.2. The zero-order chi connectivity index (χ0) is 14.2. The van der Waals surface area contributed by atoms with Crippen molar-refractivity contribution in [1.29, 1.82) is 0 Å². The number of carbonyl (C=O) groups excluding carboxylic acids is 1. The Morgan fingerprint density at radius 1 is 1.60 bits per heavy atom. The molecule has 2 N–H and O–H groups in total.